The molecule has 0 aliphatic carbocycles. The largest absolute Gasteiger partial charge is 0.469 e. The van der Waals surface area contributed by atoms with Crippen LogP contribution in [0.2, 0.25) is 0 Å². The Labute approximate surface area is 129 Å². The van der Waals surface area contributed by atoms with Crippen LogP contribution in [0.1, 0.15) is 12.0 Å². The quantitative estimate of drug-likeness (QED) is 0.494. The molecule has 0 fully saturated rings. The van der Waals surface area contributed by atoms with Gasteiger partial charge >= 0.3 is 11.5 Å². The molecule has 4 nitrogen and oxygen atoms in total. The second-order valence-electron chi connectivity index (χ2n) is 4.07. The van der Waals surface area contributed by atoms with Crippen LogP contribution in [0.4, 0.5) is 13.2 Å². The van der Waals surface area contributed by atoms with Crippen molar-refractivity contribution in [3.8, 4) is 0 Å². The molecule has 1 aromatic rings. The van der Waals surface area contributed by atoms with E-state index in [-0.39, 0.29) is 29.6 Å². The van der Waals surface area contributed by atoms with Crippen molar-refractivity contribution >= 4 is 29.7 Å². The van der Waals surface area contributed by atoms with Gasteiger partial charge in [0.15, 0.2) is 0 Å². The number of carbonyl (C=O) groups excluding carboxylic acids is 2. The maximum atomic E-state index is 12.2. The molecular formula is C14H14F3NO3S. The fraction of sp³-hybridized carbons (Fsp3) is 0.286. The van der Waals surface area contributed by atoms with Crippen LogP contribution >= 0.6 is 11.8 Å². The highest BCUT2D eigenvalue weighted by Crippen LogP contribution is 2.36. The van der Waals surface area contributed by atoms with E-state index in [2.05, 4.69) is 10.1 Å². The Bertz CT molecular complexity index is 541. The SMILES string of the molecule is COC(=O)CCNC(=O)/C=C/c1ccc(SC(F)(F)F)cc1. The van der Waals surface area contributed by atoms with Crippen molar-refractivity contribution in [3.63, 3.8) is 0 Å². The average Bonchev–Trinajstić information content (AvgIpc) is 2.44. The van der Waals surface area contributed by atoms with E-state index >= 15 is 0 Å². The number of alkyl halides is 3. The molecule has 0 heterocycles. The van der Waals surface area contributed by atoms with E-state index in [9.17, 15) is 22.8 Å². The summed E-state index contributed by atoms with van der Waals surface area (Å²) in [4.78, 5) is 22.3. The third-order valence-corrected chi connectivity index (χ3v) is 3.14. The highest BCUT2D eigenvalue weighted by molar-refractivity contribution is 8.00. The summed E-state index contributed by atoms with van der Waals surface area (Å²) in [5.41, 5.74) is -3.73. The molecule has 1 N–H and O–H groups in total. The number of rotatable bonds is 6. The molecule has 0 saturated carbocycles. The molecule has 0 aromatic heterocycles. The van der Waals surface area contributed by atoms with Crippen molar-refractivity contribution in [2.24, 2.45) is 0 Å². The zero-order valence-electron chi connectivity index (χ0n) is 11.6. The molecule has 1 rings (SSSR count). The van der Waals surface area contributed by atoms with Gasteiger partial charge < -0.3 is 10.1 Å². The van der Waals surface area contributed by atoms with E-state index in [1.54, 1.807) is 0 Å². The highest BCUT2D eigenvalue weighted by atomic mass is 32.2. The Balaban J connectivity index is 2.45. The molecule has 22 heavy (non-hydrogen) atoms. The number of methoxy groups -OCH3 is 1. The first-order valence-electron chi connectivity index (χ1n) is 6.18. The molecule has 0 aliphatic heterocycles. The van der Waals surface area contributed by atoms with Gasteiger partial charge in [0.1, 0.15) is 0 Å². The van der Waals surface area contributed by atoms with Crippen LogP contribution in [0, 0.1) is 0 Å². The van der Waals surface area contributed by atoms with Gasteiger partial charge in [-0.15, -0.1) is 0 Å². The predicted octanol–water partition coefficient (Wildman–Crippen LogP) is 2.99. The molecule has 120 valence electrons. The van der Waals surface area contributed by atoms with Crippen molar-refractivity contribution < 1.29 is 27.5 Å². The minimum Gasteiger partial charge on any atom is -0.469 e. The van der Waals surface area contributed by atoms with Crippen LogP contribution in [0.15, 0.2) is 35.2 Å². The van der Waals surface area contributed by atoms with E-state index in [1.165, 1.54) is 43.5 Å². The summed E-state index contributed by atoms with van der Waals surface area (Å²) in [7, 11) is 1.25. The molecule has 0 spiro atoms. The van der Waals surface area contributed by atoms with Crippen molar-refractivity contribution in [2.45, 2.75) is 16.8 Å². The standard InChI is InChI=1S/C14H14F3NO3S/c1-21-13(20)8-9-18-12(19)7-4-10-2-5-11(6-3-10)22-14(15,16)17/h2-7H,8-9H2,1H3,(H,18,19)/b7-4+. The topological polar surface area (TPSA) is 55.4 Å². The zero-order valence-corrected chi connectivity index (χ0v) is 12.5. The van der Waals surface area contributed by atoms with Crippen LogP contribution in [0.5, 0.6) is 0 Å². The van der Waals surface area contributed by atoms with E-state index < -0.39 is 17.4 Å². The Morgan fingerprint density at radius 3 is 2.45 bits per heavy atom. The Kier molecular flexibility index (Phi) is 6.97. The second-order valence-corrected chi connectivity index (χ2v) is 5.21. The van der Waals surface area contributed by atoms with Gasteiger partial charge in [0.05, 0.1) is 13.5 Å². The maximum Gasteiger partial charge on any atom is 0.446 e. The normalized spacial score (nSPS) is 11.5. The van der Waals surface area contributed by atoms with Gasteiger partial charge in [-0.3, -0.25) is 9.59 Å². The van der Waals surface area contributed by atoms with E-state index in [4.69, 9.17) is 0 Å². The summed E-state index contributed by atoms with van der Waals surface area (Å²) in [6.45, 7) is 0.150. The van der Waals surface area contributed by atoms with E-state index in [0.29, 0.717) is 5.56 Å². The minimum absolute atomic E-state index is 0.0689. The van der Waals surface area contributed by atoms with Gasteiger partial charge in [0, 0.05) is 17.5 Å². The molecule has 8 heteroatoms. The molecule has 0 bridgehead atoms. The van der Waals surface area contributed by atoms with Gasteiger partial charge in [-0.25, -0.2) is 0 Å². The van der Waals surface area contributed by atoms with Crippen LogP contribution in [0.25, 0.3) is 6.08 Å². The average molecular weight is 333 g/mol. The van der Waals surface area contributed by atoms with E-state index in [0.717, 1.165) is 0 Å². The van der Waals surface area contributed by atoms with Crippen LogP contribution in [-0.2, 0) is 14.3 Å². The number of halogens is 3. The Morgan fingerprint density at radius 1 is 1.27 bits per heavy atom. The molecular weight excluding hydrogens is 319 g/mol. The first-order chi connectivity index (χ1) is 10.3. The smallest absolute Gasteiger partial charge is 0.446 e. The number of hydrogen-bond acceptors (Lipinski definition) is 4. The number of amides is 1. The van der Waals surface area contributed by atoms with Crippen LogP contribution in [0.3, 0.4) is 0 Å². The molecule has 0 unspecified atom stereocenters. The van der Waals surface area contributed by atoms with Crippen molar-refractivity contribution in [1.82, 2.24) is 5.32 Å². The summed E-state index contributed by atoms with van der Waals surface area (Å²) >= 11 is -0.197. The summed E-state index contributed by atoms with van der Waals surface area (Å²) in [6, 6.07) is 5.61. The fourth-order valence-corrected chi connectivity index (χ4v) is 1.94. The van der Waals surface area contributed by atoms with Gasteiger partial charge in [-0.05, 0) is 35.5 Å². The second kappa shape index (κ2) is 8.47. The lowest BCUT2D eigenvalue weighted by molar-refractivity contribution is -0.140. The zero-order chi connectivity index (χ0) is 16.6. The molecule has 0 atom stereocenters. The Hall–Kier alpha value is -1.96. The summed E-state index contributed by atoms with van der Waals surface area (Å²) in [5.74, 6) is -0.834. The van der Waals surface area contributed by atoms with Gasteiger partial charge in [-0.1, -0.05) is 12.1 Å². The first-order valence-corrected chi connectivity index (χ1v) is 7.00. The summed E-state index contributed by atoms with van der Waals surface area (Å²) in [6.07, 6.45) is 2.78. The maximum absolute atomic E-state index is 12.2. The number of hydrogen-bond donors (Lipinski definition) is 1. The first kappa shape index (κ1) is 18.1. The number of esters is 1. The Morgan fingerprint density at radius 2 is 1.91 bits per heavy atom. The number of carbonyl (C=O) groups is 2. The number of ether oxygens (including phenoxy) is 1. The lowest BCUT2D eigenvalue weighted by atomic mass is 10.2. The number of nitrogens with one attached hydrogen (secondary N) is 1. The third kappa shape index (κ3) is 7.72. The van der Waals surface area contributed by atoms with Crippen LogP contribution < -0.4 is 5.32 Å². The molecule has 1 aromatic carbocycles. The van der Waals surface area contributed by atoms with Gasteiger partial charge in [0.2, 0.25) is 5.91 Å². The molecule has 0 aliphatic rings. The fourth-order valence-electron chi connectivity index (χ4n) is 1.40. The van der Waals surface area contributed by atoms with Crippen molar-refractivity contribution in [1.29, 1.82) is 0 Å². The molecule has 1 amide bonds. The summed E-state index contributed by atoms with van der Waals surface area (Å²) < 4.78 is 40.9. The molecule has 0 radical (unpaired) electrons. The monoisotopic (exact) mass is 333 g/mol. The van der Waals surface area contributed by atoms with Crippen LogP contribution in [-0.4, -0.2) is 31.0 Å². The lowest BCUT2D eigenvalue weighted by Gasteiger charge is -2.05. The van der Waals surface area contributed by atoms with Gasteiger partial charge in [-0.2, -0.15) is 13.2 Å². The van der Waals surface area contributed by atoms with Crippen molar-refractivity contribution in [2.75, 3.05) is 13.7 Å². The van der Waals surface area contributed by atoms with E-state index in [1.807, 2.05) is 0 Å². The lowest BCUT2D eigenvalue weighted by Crippen LogP contribution is -2.24. The predicted molar refractivity (Wildman–Crippen MR) is 77.0 cm³/mol. The number of thioether (sulfide) groups is 1. The number of benzene rings is 1. The summed E-state index contributed by atoms with van der Waals surface area (Å²) in [5, 5.41) is 2.48. The third-order valence-electron chi connectivity index (χ3n) is 2.40. The van der Waals surface area contributed by atoms with Crippen molar-refractivity contribution in [3.05, 3.63) is 35.9 Å². The highest BCUT2D eigenvalue weighted by Gasteiger charge is 2.28. The van der Waals surface area contributed by atoms with Gasteiger partial charge in [0.25, 0.3) is 0 Å². The molecule has 0 saturated heterocycles. The minimum atomic E-state index is -4.32.